The number of rotatable bonds is 9. The number of anilines is 1. The molecule has 0 amide bonds. The van der Waals surface area contributed by atoms with Crippen molar-refractivity contribution in [1.82, 2.24) is 10.2 Å². The van der Waals surface area contributed by atoms with Crippen LogP contribution >= 0.6 is 0 Å². The van der Waals surface area contributed by atoms with Crippen molar-refractivity contribution in [2.75, 3.05) is 12.4 Å². The van der Waals surface area contributed by atoms with Crippen LogP contribution < -0.4 is 14.8 Å². The monoisotopic (exact) mass is 451 g/mol. The van der Waals surface area contributed by atoms with Crippen LogP contribution in [0, 0.1) is 0 Å². The summed E-state index contributed by atoms with van der Waals surface area (Å²) in [4.78, 5) is 0. The second-order valence-electron chi connectivity index (χ2n) is 7.40. The lowest BCUT2D eigenvalue weighted by atomic mass is 10.0. The molecule has 0 aliphatic carbocycles. The summed E-state index contributed by atoms with van der Waals surface area (Å²) in [5.41, 5.74) is 3.13. The number of ether oxygens (including phenoxy) is 2. The summed E-state index contributed by atoms with van der Waals surface area (Å²) >= 11 is 0. The van der Waals surface area contributed by atoms with E-state index in [2.05, 4.69) is 15.5 Å². The maximum absolute atomic E-state index is 12.9. The Balaban J connectivity index is 1.52. The second-order valence-corrected chi connectivity index (χ2v) is 7.40. The predicted octanol–water partition coefficient (Wildman–Crippen LogP) is 6.11. The molecule has 0 spiro atoms. The molecule has 0 radical (unpaired) electrons. The van der Waals surface area contributed by atoms with Crippen molar-refractivity contribution in [3.05, 3.63) is 89.8 Å². The molecule has 0 aliphatic rings. The van der Waals surface area contributed by atoms with E-state index in [1.54, 1.807) is 19.2 Å². The molecule has 1 atom stereocenters. The summed E-state index contributed by atoms with van der Waals surface area (Å²) in [6.07, 6.45) is 0.453. The third-order valence-electron chi connectivity index (χ3n) is 5.05. The van der Waals surface area contributed by atoms with Crippen molar-refractivity contribution in [2.24, 2.45) is 0 Å². The topological polar surface area (TPSA) is 69.4 Å². The summed E-state index contributed by atoms with van der Waals surface area (Å²) in [6.45, 7) is -1.02. The van der Waals surface area contributed by atoms with Gasteiger partial charge in [0.05, 0.1) is 7.11 Å². The fourth-order valence-electron chi connectivity index (χ4n) is 3.41. The molecule has 0 aliphatic heterocycles. The first kappa shape index (κ1) is 22.3. The minimum absolute atomic E-state index is 0.145. The van der Waals surface area contributed by atoms with E-state index >= 15 is 0 Å². The fourth-order valence-corrected chi connectivity index (χ4v) is 3.41. The molecule has 0 saturated carbocycles. The summed E-state index contributed by atoms with van der Waals surface area (Å²) in [7, 11) is 1.60. The van der Waals surface area contributed by atoms with Gasteiger partial charge in [-0.25, -0.2) is 0 Å². The lowest BCUT2D eigenvalue weighted by Gasteiger charge is -2.16. The Kier molecular flexibility index (Phi) is 6.83. The van der Waals surface area contributed by atoms with Crippen molar-refractivity contribution in [1.29, 1.82) is 0 Å². The maximum atomic E-state index is 12.9. The van der Waals surface area contributed by atoms with Crippen LogP contribution in [0.25, 0.3) is 11.5 Å². The van der Waals surface area contributed by atoms with Gasteiger partial charge in [0.2, 0.25) is 11.8 Å². The Morgan fingerprint density at radius 2 is 1.73 bits per heavy atom. The molecule has 0 bridgehead atoms. The van der Waals surface area contributed by atoms with Gasteiger partial charge in [-0.3, -0.25) is 0 Å². The van der Waals surface area contributed by atoms with E-state index in [1.165, 1.54) is 6.07 Å². The fraction of sp³-hybridized carbons (Fsp3) is 0.200. The third kappa shape index (κ3) is 5.65. The second kappa shape index (κ2) is 10.1. The third-order valence-corrected chi connectivity index (χ3v) is 5.05. The number of nitrogens with zero attached hydrogens (tertiary/aromatic N) is 2. The van der Waals surface area contributed by atoms with E-state index in [4.69, 9.17) is 13.9 Å². The van der Waals surface area contributed by atoms with Crippen molar-refractivity contribution >= 4 is 5.69 Å². The Morgan fingerprint density at radius 3 is 2.42 bits per heavy atom. The highest BCUT2D eigenvalue weighted by molar-refractivity contribution is 5.55. The molecule has 6 nitrogen and oxygen atoms in total. The van der Waals surface area contributed by atoms with Crippen LogP contribution in [0.1, 0.15) is 30.0 Å². The molecule has 0 fully saturated rings. The highest BCUT2D eigenvalue weighted by Gasteiger charge is 2.17. The molecule has 33 heavy (non-hydrogen) atoms. The number of nitrogens with one attached hydrogen (secondary N) is 1. The average molecular weight is 451 g/mol. The van der Waals surface area contributed by atoms with Gasteiger partial charge in [-0.15, -0.1) is 10.2 Å². The van der Waals surface area contributed by atoms with Gasteiger partial charge in [-0.05, 0) is 55.0 Å². The number of alkyl halides is 2. The summed E-state index contributed by atoms with van der Waals surface area (Å²) < 4.78 is 41.5. The number of halogens is 2. The Labute approximate surface area is 190 Å². The van der Waals surface area contributed by atoms with Gasteiger partial charge in [0.15, 0.2) is 0 Å². The average Bonchev–Trinajstić information content (AvgIpc) is 3.32. The molecule has 4 rings (SSSR count). The molecule has 8 heteroatoms. The van der Waals surface area contributed by atoms with Crippen LogP contribution in [0.15, 0.2) is 77.2 Å². The molecular formula is C25H23F2N3O3. The normalized spacial score (nSPS) is 11.9. The smallest absolute Gasteiger partial charge is 0.387 e. The zero-order chi connectivity index (χ0) is 23.2. The van der Waals surface area contributed by atoms with Crippen molar-refractivity contribution in [3.8, 4) is 23.0 Å². The number of hydrogen-bond donors (Lipinski definition) is 1. The number of methoxy groups -OCH3 is 1. The summed E-state index contributed by atoms with van der Waals surface area (Å²) in [6, 6.07) is 21.6. The van der Waals surface area contributed by atoms with E-state index < -0.39 is 6.61 Å². The summed E-state index contributed by atoms with van der Waals surface area (Å²) in [5, 5.41) is 11.6. The zero-order valence-electron chi connectivity index (χ0n) is 18.2. The van der Waals surface area contributed by atoms with Crippen LogP contribution in [0.2, 0.25) is 0 Å². The van der Waals surface area contributed by atoms with Gasteiger partial charge in [0.25, 0.3) is 0 Å². The van der Waals surface area contributed by atoms with Crippen molar-refractivity contribution < 1.29 is 22.7 Å². The first-order valence-corrected chi connectivity index (χ1v) is 10.4. The zero-order valence-corrected chi connectivity index (χ0v) is 18.2. The molecule has 3 aromatic carbocycles. The molecule has 1 heterocycles. The Hall–Kier alpha value is -3.94. The Morgan fingerprint density at radius 1 is 0.970 bits per heavy atom. The molecular weight excluding hydrogens is 428 g/mol. The van der Waals surface area contributed by atoms with Crippen molar-refractivity contribution in [2.45, 2.75) is 26.0 Å². The molecule has 0 saturated heterocycles. The van der Waals surface area contributed by atoms with Gasteiger partial charge in [-0.1, -0.05) is 30.3 Å². The van der Waals surface area contributed by atoms with Gasteiger partial charge in [0.1, 0.15) is 17.5 Å². The largest absolute Gasteiger partial charge is 0.497 e. The first-order valence-electron chi connectivity index (χ1n) is 10.4. The number of benzene rings is 3. The van der Waals surface area contributed by atoms with Crippen LogP contribution in [0.5, 0.6) is 11.5 Å². The van der Waals surface area contributed by atoms with Crippen LogP contribution in [-0.4, -0.2) is 23.9 Å². The van der Waals surface area contributed by atoms with Gasteiger partial charge >= 0.3 is 6.61 Å². The highest BCUT2D eigenvalue weighted by atomic mass is 19.3. The van der Waals surface area contributed by atoms with Crippen LogP contribution in [-0.2, 0) is 6.42 Å². The molecule has 4 aromatic rings. The highest BCUT2D eigenvalue weighted by Crippen LogP contribution is 2.29. The minimum atomic E-state index is -2.90. The molecule has 170 valence electrons. The Bertz CT molecular complexity index is 1180. The SMILES string of the molecule is COc1ccc(-c2nnc([C@H](C)Nc3ccc(OC(F)F)c(Cc4ccccc4)c3)o2)cc1. The van der Waals surface area contributed by atoms with E-state index in [0.717, 1.165) is 22.6 Å². The first-order chi connectivity index (χ1) is 16.0. The van der Waals surface area contributed by atoms with E-state index in [-0.39, 0.29) is 11.8 Å². The van der Waals surface area contributed by atoms with Gasteiger partial charge < -0.3 is 19.2 Å². The molecule has 0 unspecified atom stereocenters. The maximum Gasteiger partial charge on any atom is 0.387 e. The van der Waals surface area contributed by atoms with E-state index in [1.807, 2.05) is 61.5 Å². The van der Waals surface area contributed by atoms with Crippen LogP contribution in [0.3, 0.4) is 0 Å². The number of aromatic nitrogens is 2. The van der Waals surface area contributed by atoms with Gasteiger partial charge in [-0.2, -0.15) is 8.78 Å². The number of hydrogen-bond acceptors (Lipinski definition) is 6. The van der Waals surface area contributed by atoms with Gasteiger partial charge in [0, 0.05) is 23.2 Å². The molecule has 1 aromatic heterocycles. The van der Waals surface area contributed by atoms with Crippen LogP contribution in [0.4, 0.5) is 14.5 Å². The van der Waals surface area contributed by atoms with E-state index in [9.17, 15) is 8.78 Å². The minimum Gasteiger partial charge on any atom is -0.497 e. The lowest BCUT2D eigenvalue weighted by molar-refractivity contribution is -0.0503. The quantitative estimate of drug-likeness (QED) is 0.331. The van der Waals surface area contributed by atoms with Crippen molar-refractivity contribution in [3.63, 3.8) is 0 Å². The molecule has 1 N–H and O–H groups in total. The lowest BCUT2D eigenvalue weighted by Crippen LogP contribution is -2.09. The van der Waals surface area contributed by atoms with E-state index in [0.29, 0.717) is 23.8 Å². The predicted molar refractivity (Wildman–Crippen MR) is 121 cm³/mol. The summed E-state index contributed by atoms with van der Waals surface area (Å²) in [5.74, 6) is 1.68. The standard InChI is InChI=1S/C25H23F2N3O3/c1-16(23-29-30-24(33-23)18-8-11-21(31-2)12-9-18)28-20-10-13-22(32-25(26)27)19(15-20)14-17-6-4-3-5-7-17/h3-13,15-16,25,28H,14H2,1-2H3/t16-/m0/s1.